The molecule has 0 atom stereocenters. The van der Waals surface area contributed by atoms with Crippen LogP contribution in [0.3, 0.4) is 0 Å². The van der Waals surface area contributed by atoms with Gasteiger partial charge in [0.25, 0.3) is 6.43 Å². The highest BCUT2D eigenvalue weighted by atomic mass is 19.3. The van der Waals surface area contributed by atoms with Crippen molar-refractivity contribution in [2.45, 2.75) is 26.7 Å². The molecule has 2 heteroatoms. The molecule has 0 bridgehead atoms. The Kier molecular flexibility index (Phi) is 2.42. The van der Waals surface area contributed by atoms with Crippen LogP contribution in [0, 0.1) is 6.42 Å². The van der Waals surface area contributed by atoms with Crippen LogP contribution in [0.4, 0.5) is 8.78 Å². The van der Waals surface area contributed by atoms with Gasteiger partial charge in [0.05, 0.1) is 0 Å². The third-order valence-electron chi connectivity index (χ3n) is 1.92. The van der Waals surface area contributed by atoms with E-state index < -0.39 is 6.43 Å². The van der Waals surface area contributed by atoms with Crippen molar-refractivity contribution < 1.29 is 8.78 Å². The number of alkyl halides is 2. The van der Waals surface area contributed by atoms with Gasteiger partial charge in [-0.05, 0) is 32.3 Å². The van der Waals surface area contributed by atoms with Crippen LogP contribution in [0.15, 0.2) is 22.8 Å². The summed E-state index contributed by atoms with van der Waals surface area (Å²) in [6.45, 7) is 3.47. The molecule has 0 saturated heterocycles. The molecule has 0 spiro atoms. The van der Waals surface area contributed by atoms with Gasteiger partial charge in [0.1, 0.15) is 0 Å². The largest absolute Gasteiger partial charge is 0.264 e. The topological polar surface area (TPSA) is 0 Å². The standard InChI is InChI=1S/C9H11F2/c1-6-4-3-5-7(2)8(6)9(10)11/h4-5,9H,3H2,1-2H3. The molecule has 0 aliphatic heterocycles. The van der Waals surface area contributed by atoms with Gasteiger partial charge < -0.3 is 0 Å². The van der Waals surface area contributed by atoms with Gasteiger partial charge in [-0.15, -0.1) is 0 Å². The molecule has 0 aromatic rings. The average Bonchev–Trinajstić information content (AvgIpc) is 1.85. The first kappa shape index (κ1) is 8.44. The van der Waals surface area contributed by atoms with Crippen molar-refractivity contribution >= 4 is 0 Å². The van der Waals surface area contributed by atoms with Gasteiger partial charge in [-0.25, -0.2) is 8.78 Å². The highest BCUT2D eigenvalue weighted by molar-refractivity contribution is 5.42. The van der Waals surface area contributed by atoms with E-state index in [1.165, 1.54) is 0 Å². The number of halogens is 2. The second-order valence-electron chi connectivity index (χ2n) is 2.72. The lowest BCUT2D eigenvalue weighted by Crippen LogP contribution is -2.05. The van der Waals surface area contributed by atoms with Crippen LogP contribution in [-0.4, -0.2) is 6.43 Å². The molecule has 1 aliphatic rings. The zero-order chi connectivity index (χ0) is 8.43. The Morgan fingerprint density at radius 1 is 1.36 bits per heavy atom. The van der Waals surface area contributed by atoms with E-state index in [0.29, 0.717) is 0 Å². The fourth-order valence-corrected chi connectivity index (χ4v) is 1.29. The molecular weight excluding hydrogens is 146 g/mol. The zero-order valence-electron chi connectivity index (χ0n) is 6.70. The molecule has 11 heavy (non-hydrogen) atoms. The lowest BCUT2D eigenvalue weighted by molar-refractivity contribution is 0.191. The van der Waals surface area contributed by atoms with Gasteiger partial charge in [-0.3, -0.25) is 0 Å². The highest BCUT2D eigenvalue weighted by Crippen LogP contribution is 2.28. The van der Waals surface area contributed by atoms with Crippen molar-refractivity contribution in [3.63, 3.8) is 0 Å². The minimum absolute atomic E-state index is 0.205. The molecule has 0 amide bonds. The lowest BCUT2D eigenvalue weighted by atomic mass is 9.93. The first-order valence-corrected chi connectivity index (χ1v) is 3.62. The van der Waals surface area contributed by atoms with E-state index in [1.807, 2.05) is 12.5 Å². The number of rotatable bonds is 1. The maximum Gasteiger partial charge on any atom is 0.264 e. The molecule has 0 saturated carbocycles. The van der Waals surface area contributed by atoms with Gasteiger partial charge in [0, 0.05) is 5.57 Å². The van der Waals surface area contributed by atoms with Crippen molar-refractivity contribution in [3.8, 4) is 0 Å². The minimum atomic E-state index is -2.33. The van der Waals surface area contributed by atoms with E-state index in [0.717, 1.165) is 17.6 Å². The average molecular weight is 157 g/mol. The van der Waals surface area contributed by atoms with Crippen LogP contribution in [0.2, 0.25) is 0 Å². The molecule has 0 unspecified atom stereocenters. The van der Waals surface area contributed by atoms with Gasteiger partial charge in [-0.1, -0.05) is 11.6 Å². The molecule has 0 fully saturated rings. The van der Waals surface area contributed by atoms with E-state index in [4.69, 9.17) is 0 Å². The monoisotopic (exact) mass is 157 g/mol. The number of hydrogen-bond donors (Lipinski definition) is 0. The van der Waals surface area contributed by atoms with Crippen molar-refractivity contribution in [3.05, 3.63) is 29.2 Å². The molecule has 1 rings (SSSR count). The van der Waals surface area contributed by atoms with E-state index in [9.17, 15) is 8.78 Å². The van der Waals surface area contributed by atoms with Crippen LogP contribution >= 0.6 is 0 Å². The smallest absolute Gasteiger partial charge is 0.205 e. The van der Waals surface area contributed by atoms with Gasteiger partial charge in [0.15, 0.2) is 0 Å². The molecule has 0 heterocycles. The van der Waals surface area contributed by atoms with Crippen LogP contribution in [-0.2, 0) is 0 Å². The maximum absolute atomic E-state index is 12.3. The summed E-state index contributed by atoms with van der Waals surface area (Å²) in [6, 6.07) is 0. The number of allylic oxidation sites excluding steroid dienone is 4. The Hall–Kier alpha value is -0.660. The van der Waals surface area contributed by atoms with E-state index in [2.05, 4.69) is 0 Å². The zero-order valence-corrected chi connectivity index (χ0v) is 6.70. The maximum atomic E-state index is 12.3. The Bertz CT molecular complexity index is 212. The summed E-state index contributed by atoms with van der Waals surface area (Å²) in [6.07, 6.45) is 2.11. The molecule has 1 aliphatic carbocycles. The SMILES string of the molecule is CC1=CC[CH]C(C)=C1C(F)F. The summed E-state index contributed by atoms with van der Waals surface area (Å²) in [5.41, 5.74) is 1.65. The Labute approximate surface area is 65.6 Å². The Balaban J connectivity index is 2.94. The Morgan fingerprint density at radius 3 is 2.36 bits per heavy atom. The molecule has 0 N–H and O–H groups in total. The molecular formula is C9H11F2. The molecule has 0 nitrogen and oxygen atoms in total. The fraction of sp³-hybridized carbons (Fsp3) is 0.444. The first-order chi connectivity index (χ1) is 5.13. The predicted octanol–water partition coefficient (Wildman–Crippen LogP) is 3.12. The van der Waals surface area contributed by atoms with Crippen molar-refractivity contribution in [2.24, 2.45) is 0 Å². The van der Waals surface area contributed by atoms with Crippen molar-refractivity contribution in [1.29, 1.82) is 0 Å². The van der Waals surface area contributed by atoms with Crippen LogP contribution in [0.5, 0.6) is 0 Å². The van der Waals surface area contributed by atoms with Crippen molar-refractivity contribution in [1.82, 2.24) is 0 Å². The summed E-state index contributed by atoms with van der Waals surface area (Å²) < 4.78 is 24.6. The molecule has 0 aromatic heterocycles. The molecule has 0 aromatic carbocycles. The first-order valence-electron chi connectivity index (χ1n) is 3.62. The van der Waals surface area contributed by atoms with Crippen LogP contribution in [0.1, 0.15) is 20.3 Å². The van der Waals surface area contributed by atoms with Crippen molar-refractivity contribution in [2.75, 3.05) is 0 Å². The molecule has 1 radical (unpaired) electrons. The van der Waals surface area contributed by atoms with Gasteiger partial charge >= 0.3 is 0 Å². The minimum Gasteiger partial charge on any atom is -0.205 e. The van der Waals surface area contributed by atoms with E-state index in [-0.39, 0.29) is 5.57 Å². The Morgan fingerprint density at radius 2 is 2.00 bits per heavy atom. The lowest BCUT2D eigenvalue weighted by Gasteiger charge is -2.15. The normalized spacial score (nSPS) is 19.2. The quantitative estimate of drug-likeness (QED) is 0.548. The van der Waals surface area contributed by atoms with Crippen LogP contribution in [0.25, 0.3) is 0 Å². The third-order valence-corrected chi connectivity index (χ3v) is 1.92. The van der Waals surface area contributed by atoms with Gasteiger partial charge in [-0.2, -0.15) is 0 Å². The second kappa shape index (κ2) is 3.16. The van der Waals surface area contributed by atoms with E-state index in [1.54, 1.807) is 13.8 Å². The summed E-state index contributed by atoms with van der Waals surface area (Å²) in [5.74, 6) is 0. The molecule has 61 valence electrons. The number of hydrogen-bond acceptors (Lipinski definition) is 0. The van der Waals surface area contributed by atoms with Crippen LogP contribution < -0.4 is 0 Å². The second-order valence-corrected chi connectivity index (χ2v) is 2.72. The summed E-state index contributed by atoms with van der Waals surface area (Å²) in [5, 5.41) is 0. The summed E-state index contributed by atoms with van der Waals surface area (Å²) >= 11 is 0. The highest BCUT2D eigenvalue weighted by Gasteiger charge is 2.18. The third kappa shape index (κ3) is 1.67. The predicted molar refractivity (Wildman–Crippen MR) is 41.4 cm³/mol. The fourth-order valence-electron chi connectivity index (χ4n) is 1.29. The summed E-state index contributed by atoms with van der Waals surface area (Å²) in [4.78, 5) is 0. The van der Waals surface area contributed by atoms with Gasteiger partial charge in [0.2, 0.25) is 0 Å². The van der Waals surface area contributed by atoms with E-state index >= 15 is 0 Å². The summed E-state index contributed by atoms with van der Waals surface area (Å²) in [7, 11) is 0.